The van der Waals surface area contributed by atoms with Crippen molar-refractivity contribution in [3.8, 4) is 6.07 Å². The molecule has 2 aromatic rings. The number of hydrogen-bond acceptors (Lipinski definition) is 4. The normalized spacial score (nSPS) is 14.9. The lowest BCUT2D eigenvalue weighted by atomic mass is 10.1. The van der Waals surface area contributed by atoms with Gasteiger partial charge in [-0.25, -0.2) is 9.78 Å². The van der Waals surface area contributed by atoms with Crippen LogP contribution in [-0.4, -0.2) is 11.0 Å². The van der Waals surface area contributed by atoms with E-state index in [0.717, 1.165) is 11.1 Å². The van der Waals surface area contributed by atoms with Gasteiger partial charge in [-0.3, -0.25) is 0 Å². The minimum atomic E-state index is -0.351. The van der Waals surface area contributed by atoms with E-state index in [1.54, 1.807) is 36.5 Å². The van der Waals surface area contributed by atoms with Gasteiger partial charge < -0.3 is 4.74 Å². The number of rotatable bonds is 1. The Balaban J connectivity index is 2.06. The maximum atomic E-state index is 11.7. The van der Waals surface area contributed by atoms with Gasteiger partial charge in [-0.15, -0.1) is 0 Å². The molecule has 4 heteroatoms. The van der Waals surface area contributed by atoms with Crippen LogP contribution in [0.3, 0.4) is 0 Å². The third-order valence-corrected chi connectivity index (χ3v) is 2.81. The van der Waals surface area contributed by atoms with E-state index in [2.05, 4.69) is 4.98 Å². The molecule has 2 heterocycles. The summed E-state index contributed by atoms with van der Waals surface area (Å²) in [6.45, 7) is 0. The number of nitrogens with zero attached hydrogens (tertiary/aromatic N) is 2. The number of fused-ring (bicyclic) bond motifs is 1. The van der Waals surface area contributed by atoms with Gasteiger partial charge in [-0.05, 0) is 29.8 Å². The molecule has 1 aliphatic heterocycles. The zero-order valence-corrected chi connectivity index (χ0v) is 9.83. The van der Waals surface area contributed by atoms with Gasteiger partial charge in [-0.2, -0.15) is 5.26 Å². The summed E-state index contributed by atoms with van der Waals surface area (Å²) in [7, 11) is 0. The Hall–Kier alpha value is -2.93. The first-order valence-electron chi connectivity index (χ1n) is 5.67. The maximum absolute atomic E-state index is 11.7. The third kappa shape index (κ3) is 1.98. The molecule has 1 aromatic carbocycles. The van der Waals surface area contributed by atoms with Crippen molar-refractivity contribution in [2.75, 3.05) is 0 Å². The lowest BCUT2D eigenvalue weighted by Crippen LogP contribution is -1.92. The fourth-order valence-electron chi connectivity index (χ4n) is 1.94. The summed E-state index contributed by atoms with van der Waals surface area (Å²) < 4.78 is 5.23. The number of benzene rings is 1. The lowest BCUT2D eigenvalue weighted by Gasteiger charge is -1.99. The fraction of sp³-hybridized carbons (Fsp3) is 0. The molecular weight excluding hydrogens is 240 g/mol. The van der Waals surface area contributed by atoms with Gasteiger partial charge in [0.05, 0.1) is 5.56 Å². The second-order valence-electron chi connectivity index (χ2n) is 4.03. The van der Waals surface area contributed by atoms with Crippen molar-refractivity contribution >= 4 is 17.8 Å². The Kier molecular flexibility index (Phi) is 2.58. The van der Waals surface area contributed by atoms with Crippen LogP contribution in [0.4, 0.5) is 0 Å². The molecule has 0 unspecified atom stereocenters. The molecule has 0 fully saturated rings. The van der Waals surface area contributed by atoms with Crippen LogP contribution in [0.25, 0.3) is 11.8 Å². The number of ether oxygens (including phenoxy) is 1. The predicted octanol–water partition coefficient (Wildman–Crippen LogP) is 2.62. The third-order valence-electron chi connectivity index (χ3n) is 2.81. The summed E-state index contributed by atoms with van der Waals surface area (Å²) >= 11 is 0. The minimum Gasteiger partial charge on any atom is -0.422 e. The van der Waals surface area contributed by atoms with E-state index >= 15 is 0 Å². The van der Waals surface area contributed by atoms with Crippen LogP contribution < -0.4 is 0 Å². The minimum absolute atomic E-state index is 0.326. The van der Waals surface area contributed by atoms with Crippen molar-refractivity contribution in [3.05, 3.63) is 65.0 Å². The predicted molar refractivity (Wildman–Crippen MR) is 68.7 cm³/mol. The summed E-state index contributed by atoms with van der Waals surface area (Å²) in [6.07, 6.45) is 3.28. The molecule has 0 saturated carbocycles. The molecule has 0 spiro atoms. The monoisotopic (exact) mass is 248 g/mol. The first-order chi connectivity index (χ1) is 9.28. The molecular formula is C15H8N2O2. The van der Waals surface area contributed by atoms with Gasteiger partial charge in [0.25, 0.3) is 0 Å². The zero-order chi connectivity index (χ0) is 13.2. The highest BCUT2D eigenvalue weighted by Crippen LogP contribution is 2.30. The van der Waals surface area contributed by atoms with Crippen LogP contribution in [0.15, 0.2) is 42.6 Å². The van der Waals surface area contributed by atoms with Gasteiger partial charge >= 0.3 is 5.97 Å². The Labute approximate surface area is 109 Å². The fourth-order valence-corrected chi connectivity index (χ4v) is 1.94. The van der Waals surface area contributed by atoms with Crippen LogP contribution in [-0.2, 0) is 4.74 Å². The highest BCUT2D eigenvalue weighted by molar-refractivity contribution is 6.05. The molecule has 0 bridgehead atoms. The average Bonchev–Trinajstić information content (AvgIpc) is 2.76. The topological polar surface area (TPSA) is 63.0 Å². The molecule has 0 aliphatic carbocycles. The zero-order valence-electron chi connectivity index (χ0n) is 9.83. The molecule has 3 rings (SSSR count). The van der Waals surface area contributed by atoms with E-state index < -0.39 is 0 Å². The molecule has 0 N–H and O–H groups in total. The molecule has 19 heavy (non-hydrogen) atoms. The molecule has 0 amide bonds. The molecule has 90 valence electrons. The number of carbonyl (C=O) groups is 1. The Morgan fingerprint density at radius 3 is 2.79 bits per heavy atom. The molecule has 1 aromatic heterocycles. The molecule has 4 nitrogen and oxygen atoms in total. The standard InChI is InChI=1S/C15H8N2O2/c16-9-11-7-10(5-6-17-11)8-14-12-3-1-2-4-13(12)15(18)19-14/h1-8H/b14-8-. The largest absolute Gasteiger partial charge is 0.422 e. The number of nitriles is 1. The van der Waals surface area contributed by atoms with Gasteiger partial charge in [0.15, 0.2) is 0 Å². The van der Waals surface area contributed by atoms with Crippen molar-refractivity contribution in [1.82, 2.24) is 4.98 Å². The van der Waals surface area contributed by atoms with E-state index in [1.165, 1.54) is 0 Å². The Morgan fingerprint density at radius 2 is 2.00 bits per heavy atom. The summed E-state index contributed by atoms with van der Waals surface area (Å²) in [6, 6.07) is 12.6. The number of aromatic nitrogens is 1. The van der Waals surface area contributed by atoms with Crippen molar-refractivity contribution < 1.29 is 9.53 Å². The summed E-state index contributed by atoms with van der Waals surface area (Å²) in [5, 5.41) is 8.80. The highest BCUT2D eigenvalue weighted by atomic mass is 16.5. The molecule has 0 saturated heterocycles. The van der Waals surface area contributed by atoms with Crippen LogP contribution in [0.5, 0.6) is 0 Å². The van der Waals surface area contributed by atoms with Crippen molar-refractivity contribution in [1.29, 1.82) is 5.26 Å². The van der Waals surface area contributed by atoms with Crippen LogP contribution in [0.1, 0.15) is 27.2 Å². The SMILES string of the molecule is N#Cc1cc(/C=C2\OC(=O)c3ccccc32)ccn1. The van der Waals surface area contributed by atoms with Crippen molar-refractivity contribution in [2.24, 2.45) is 0 Å². The van der Waals surface area contributed by atoms with Crippen LogP contribution in [0.2, 0.25) is 0 Å². The summed E-state index contributed by atoms with van der Waals surface area (Å²) in [4.78, 5) is 15.6. The Morgan fingerprint density at radius 1 is 1.21 bits per heavy atom. The van der Waals surface area contributed by atoms with E-state index in [-0.39, 0.29) is 5.97 Å². The molecule has 1 aliphatic rings. The van der Waals surface area contributed by atoms with Gasteiger partial charge in [-0.1, -0.05) is 18.2 Å². The van der Waals surface area contributed by atoms with Crippen molar-refractivity contribution in [2.45, 2.75) is 0 Å². The molecule has 0 radical (unpaired) electrons. The van der Waals surface area contributed by atoms with Gasteiger partial charge in [0.2, 0.25) is 0 Å². The van der Waals surface area contributed by atoms with Crippen LogP contribution in [0, 0.1) is 11.3 Å². The summed E-state index contributed by atoms with van der Waals surface area (Å²) in [5.74, 6) is 0.145. The lowest BCUT2D eigenvalue weighted by molar-refractivity contribution is 0.0717. The Bertz CT molecular complexity index is 742. The number of esters is 1. The molecule has 0 atom stereocenters. The van der Waals surface area contributed by atoms with E-state index in [9.17, 15) is 4.79 Å². The average molecular weight is 248 g/mol. The maximum Gasteiger partial charge on any atom is 0.344 e. The van der Waals surface area contributed by atoms with E-state index in [1.807, 2.05) is 18.2 Å². The summed E-state index contributed by atoms with van der Waals surface area (Å²) in [5.41, 5.74) is 2.42. The first kappa shape index (κ1) is 11.2. The smallest absolute Gasteiger partial charge is 0.344 e. The number of hydrogen-bond donors (Lipinski definition) is 0. The highest BCUT2D eigenvalue weighted by Gasteiger charge is 2.25. The second-order valence-corrected chi connectivity index (χ2v) is 4.03. The number of cyclic esters (lactones) is 1. The van der Waals surface area contributed by atoms with Crippen molar-refractivity contribution in [3.63, 3.8) is 0 Å². The van der Waals surface area contributed by atoms with Gasteiger partial charge in [0.1, 0.15) is 17.5 Å². The van der Waals surface area contributed by atoms with E-state index in [4.69, 9.17) is 10.00 Å². The second kappa shape index (κ2) is 4.39. The van der Waals surface area contributed by atoms with Crippen LogP contribution >= 0.6 is 0 Å². The van der Waals surface area contributed by atoms with E-state index in [0.29, 0.717) is 17.0 Å². The number of pyridine rings is 1. The quantitative estimate of drug-likeness (QED) is 0.728. The first-order valence-corrected chi connectivity index (χ1v) is 5.67. The number of carbonyl (C=O) groups excluding carboxylic acids is 1. The van der Waals surface area contributed by atoms with Gasteiger partial charge in [0, 0.05) is 11.8 Å².